The molecule has 0 aromatic heterocycles. The molecule has 0 saturated carbocycles. The van der Waals surface area contributed by atoms with Crippen LogP contribution in [0.15, 0.2) is 30.4 Å². The van der Waals surface area contributed by atoms with Gasteiger partial charge >= 0.3 is 0 Å². The van der Waals surface area contributed by atoms with Crippen LogP contribution >= 0.6 is 0 Å². The first-order valence-electron chi connectivity index (χ1n) is 5.43. The SMILES string of the molecule is C=CC1=Cc2ccc(OC)c(O)c2OC1(C)C. The fourth-order valence-electron chi connectivity index (χ4n) is 1.91. The fraction of sp³-hybridized carbons (Fsp3) is 0.286. The zero-order valence-corrected chi connectivity index (χ0v) is 10.3. The van der Waals surface area contributed by atoms with E-state index in [0.717, 1.165) is 11.1 Å². The molecule has 0 bridgehead atoms. The summed E-state index contributed by atoms with van der Waals surface area (Å²) in [5.41, 5.74) is 1.31. The molecule has 0 atom stereocenters. The highest BCUT2D eigenvalue weighted by molar-refractivity contribution is 5.71. The Morgan fingerprint density at radius 2 is 2.12 bits per heavy atom. The lowest BCUT2D eigenvalue weighted by Gasteiger charge is -2.33. The molecule has 1 aliphatic heterocycles. The molecule has 0 amide bonds. The summed E-state index contributed by atoms with van der Waals surface area (Å²) in [7, 11) is 1.51. The number of hydrogen-bond acceptors (Lipinski definition) is 3. The highest BCUT2D eigenvalue weighted by Crippen LogP contribution is 2.45. The Kier molecular flexibility index (Phi) is 2.62. The van der Waals surface area contributed by atoms with Gasteiger partial charge in [0.25, 0.3) is 0 Å². The van der Waals surface area contributed by atoms with Gasteiger partial charge in [0.15, 0.2) is 11.5 Å². The van der Waals surface area contributed by atoms with Crippen molar-refractivity contribution in [2.75, 3.05) is 7.11 Å². The molecule has 1 heterocycles. The number of phenolic OH excluding ortho intramolecular Hbond substituents is 1. The van der Waals surface area contributed by atoms with Crippen molar-refractivity contribution < 1.29 is 14.6 Å². The lowest BCUT2D eigenvalue weighted by Crippen LogP contribution is -2.32. The Bertz CT molecular complexity index is 498. The fourth-order valence-corrected chi connectivity index (χ4v) is 1.91. The molecule has 1 N–H and O–H groups in total. The number of fused-ring (bicyclic) bond motifs is 1. The number of benzene rings is 1. The Morgan fingerprint density at radius 1 is 1.41 bits per heavy atom. The van der Waals surface area contributed by atoms with Gasteiger partial charge in [-0.3, -0.25) is 0 Å². The van der Waals surface area contributed by atoms with Gasteiger partial charge in [0.1, 0.15) is 5.60 Å². The van der Waals surface area contributed by atoms with Gasteiger partial charge in [0.05, 0.1) is 7.11 Å². The minimum absolute atomic E-state index is 0.0393. The third-order valence-electron chi connectivity index (χ3n) is 2.93. The topological polar surface area (TPSA) is 38.7 Å². The number of hydrogen-bond donors (Lipinski definition) is 1. The van der Waals surface area contributed by atoms with E-state index in [1.165, 1.54) is 7.11 Å². The quantitative estimate of drug-likeness (QED) is 0.851. The van der Waals surface area contributed by atoms with E-state index in [9.17, 15) is 5.11 Å². The third kappa shape index (κ3) is 1.78. The van der Waals surface area contributed by atoms with E-state index in [2.05, 4.69) is 6.58 Å². The molecule has 17 heavy (non-hydrogen) atoms. The summed E-state index contributed by atoms with van der Waals surface area (Å²) in [5, 5.41) is 10.0. The predicted molar refractivity (Wildman–Crippen MR) is 67.5 cm³/mol. The second kappa shape index (κ2) is 3.84. The first-order chi connectivity index (χ1) is 7.99. The van der Waals surface area contributed by atoms with Gasteiger partial charge in [0.2, 0.25) is 5.75 Å². The van der Waals surface area contributed by atoms with E-state index in [0.29, 0.717) is 11.5 Å². The van der Waals surface area contributed by atoms with E-state index in [1.54, 1.807) is 12.1 Å². The molecule has 1 aliphatic rings. The number of aromatic hydroxyl groups is 1. The summed E-state index contributed by atoms with van der Waals surface area (Å²) in [6.07, 6.45) is 3.73. The summed E-state index contributed by atoms with van der Waals surface area (Å²) in [6, 6.07) is 3.57. The largest absolute Gasteiger partial charge is 0.502 e. The van der Waals surface area contributed by atoms with Crippen LogP contribution in [0.5, 0.6) is 17.2 Å². The molecule has 0 aliphatic carbocycles. The highest BCUT2D eigenvalue weighted by Gasteiger charge is 2.31. The predicted octanol–water partition coefficient (Wildman–Crippen LogP) is 3.14. The van der Waals surface area contributed by atoms with Crippen LogP contribution in [0.1, 0.15) is 19.4 Å². The molecule has 0 radical (unpaired) electrons. The van der Waals surface area contributed by atoms with Crippen LogP contribution < -0.4 is 9.47 Å². The smallest absolute Gasteiger partial charge is 0.201 e. The van der Waals surface area contributed by atoms with Gasteiger partial charge in [0, 0.05) is 5.56 Å². The molecule has 3 nitrogen and oxygen atoms in total. The first-order valence-corrected chi connectivity index (χ1v) is 5.43. The van der Waals surface area contributed by atoms with E-state index < -0.39 is 5.60 Å². The lowest BCUT2D eigenvalue weighted by molar-refractivity contribution is 0.142. The second-order valence-corrected chi connectivity index (χ2v) is 4.45. The molecule has 1 aromatic carbocycles. The van der Waals surface area contributed by atoms with Gasteiger partial charge < -0.3 is 14.6 Å². The summed E-state index contributed by atoms with van der Waals surface area (Å²) >= 11 is 0. The second-order valence-electron chi connectivity index (χ2n) is 4.45. The summed E-state index contributed by atoms with van der Waals surface area (Å²) in [6.45, 7) is 7.64. The maximum Gasteiger partial charge on any atom is 0.201 e. The van der Waals surface area contributed by atoms with Crippen LogP contribution in [0.25, 0.3) is 6.08 Å². The molecule has 0 saturated heterocycles. The number of phenols is 1. The normalized spacial score (nSPS) is 16.5. The highest BCUT2D eigenvalue weighted by atomic mass is 16.5. The van der Waals surface area contributed by atoms with Gasteiger partial charge in [-0.2, -0.15) is 0 Å². The van der Waals surface area contributed by atoms with Crippen LogP contribution in [0.3, 0.4) is 0 Å². The van der Waals surface area contributed by atoms with Crippen molar-refractivity contribution >= 4 is 6.08 Å². The molecule has 0 fully saturated rings. The Labute approximate surface area is 101 Å². The molecular weight excluding hydrogens is 216 g/mol. The summed E-state index contributed by atoms with van der Waals surface area (Å²) in [4.78, 5) is 0. The number of methoxy groups -OCH3 is 1. The van der Waals surface area contributed by atoms with Gasteiger partial charge in [-0.1, -0.05) is 12.7 Å². The van der Waals surface area contributed by atoms with Crippen molar-refractivity contribution in [1.29, 1.82) is 0 Å². The zero-order valence-electron chi connectivity index (χ0n) is 10.3. The molecule has 90 valence electrons. The van der Waals surface area contributed by atoms with E-state index >= 15 is 0 Å². The van der Waals surface area contributed by atoms with Crippen molar-refractivity contribution in [1.82, 2.24) is 0 Å². The minimum atomic E-state index is -0.501. The van der Waals surface area contributed by atoms with E-state index in [-0.39, 0.29) is 5.75 Å². The van der Waals surface area contributed by atoms with E-state index in [4.69, 9.17) is 9.47 Å². The maximum absolute atomic E-state index is 10.0. The van der Waals surface area contributed by atoms with Crippen LogP contribution in [0.2, 0.25) is 0 Å². The molecule has 2 rings (SSSR count). The summed E-state index contributed by atoms with van der Waals surface area (Å²) < 4.78 is 10.9. The van der Waals surface area contributed by atoms with Crippen molar-refractivity contribution in [2.24, 2.45) is 0 Å². The van der Waals surface area contributed by atoms with Crippen molar-refractivity contribution in [3.05, 3.63) is 35.9 Å². The van der Waals surface area contributed by atoms with Crippen LogP contribution in [-0.4, -0.2) is 17.8 Å². The van der Waals surface area contributed by atoms with Crippen LogP contribution in [0, 0.1) is 0 Å². The average molecular weight is 232 g/mol. The maximum atomic E-state index is 10.0. The van der Waals surface area contributed by atoms with E-state index in [1.807, 2.05) is 26.0 Å². The van der Waals surface area contributed by atoms with Gasteiger partial charge in [-0.25, -0.2) is 0 Å². The monoisotopic (exact) mass is 232 g/mol. The van der Waals surface area contributed by atoms with Crippen LogP contribution in [0.4, 0.5) is 0 Å². The lowest BCUT2D eigenvalue weighted by atomic mass is 9.92. The van der Waals surface area contributed by atoms with Gasteiger partial charge in [-0.05, 0) is 37.6 Å². The molecule has 0 unspecified atom stereocenters. The average Bonchev–Trinajstić information content (AvgIpc) is 2.29. The molecule has 3 heteroatoms. The zero-order chi connectivity index (χ0) is 12.6. The first kappa shape index (κ1) is 11.6. The Hall–Kier alpha value is -1.90. The number of ether oxygens (including phenoxy) is 2. The summed E-state index contributed by atoms with van der Waals surface area (Å²) in [5.74, 6) is 0.910. The van der Waals surface area contributed by atoms with Crippen molar-refractivity contribution in [3.8, 4) is 17.2 Å². The van der Waals surface area contributed by atoms with Crippen LogP contribution in [-0.2, 0) is 0 Å². The molecular formula is C14H16O3. The van der Waals surface area contributed by atoms with Gasteiger partial charge in [-0.15, -0.1) is 0 Å². The standard InChI is InChI=1S/C14H16O3/c1-5-10-8-9-6-7-11(16-4)12(15)13(9)17-14(10,2)3/h5-8,15H,1H2,2-4H3. The minimum Gasteiger partial charge on any atom is -0.502 e. The number of rotatable bonds is 2. The molecule has 0 spiro atoms. The Balaban J connectivity index is 2.61. The van der Waals surface area contributed by atoms with Crippen molar-refractivity contribution in [3.63, 3.8) is 0 Å². The third-order valence-corrected chi connectivity index (χ3v) is 2.93. The van der Waals surface area contributed by atoms with Crippen molar-refractivity contribution in [2.45, 2.75) is 19.4 Å². The molecule has 1 aromatic rings. The Morgan fingerprint density at radius 3 is 2.71 bits per heavy atom.